The first-order chi connectivity index (χ1) is 16.5. The molecule has 0 spiro atoms. The fourth-order valence-electron chi connectivity index (χ4n) is 4.54. The largest absolute Gasteiger partial charge is 0.491 e. The molecule has 0 saturated carbocycles. The standard InChI is InChI=1S/C26H32N4O3S/c1-18-3-5-20(6-4-18)24-14-23(33-28-24)16-30-11-9-29(10-12-30)15-21(31)17-32-22-7-8-26-25(13-22)27-19(2)34-26/h3-8,13,21,23,31H,9-12,14-17H2,1-2H3/t21-,23?/m1/s1. The van der Waals surface area contributed by atoms with Crippen molar-refractivity contribution in [3.8, 4) is 5.75 Å². The van der Waals surface area contributed by atoms with Gasteiger partial charge >= 0.3 is 0 Å². The zero-order valence-corrected chi connectivity index (χ0v) is 20.6. The SMILES string of the molecule is Cc1ccc(C2=NOC(CN3CCN(C[C@@H](O)COc4ccc5sc(C)nc5c4)CC3)C2)cc1. The molecular weight excluding hydrogens is 448 g/mol. The van der Waals surface area contributed by atoms with Crippen LogP contribution in [0.5, 0.6) is 5.75 Å². The number of nitrogens with zero attached hydrogens (tertiary/aromatic N) is 4. The topological polar surface area (TPSA) is 70.4 Å². The summed E-state index contributed by atoms with van der Waals surface area (Å²) in [5.74, 6) is 0.755. The molecule has 1 aromatic heterocycles. The lowest BCUT2D eigenvalue weighted by Gasteiger charge is -2.36. The molecule has 1 unspecified atom stereocenters. The van der Waals surface area contributed by atoms with Crippen molar-refractivity contribution in [3.05, 3.63) is 58.6 Å². The zero-order valence-electron chi connectivity index (χ0n) is 19.8. The number of benzene rings is 2. The molecule has 0 radical (unpaired) electrons. The summed E-state index contributed by atoms with van der Waals surface area (Å²) in [6, 6.07) is 14.4. The molecule has 5 rings (SSSR count). The van der Waals surface area contributed by atoms with E-state index in [0.717, 1.165) is 71.4 Å². The molecule has 0 bridgehead atoms. The lowest BCUT2D eigenvalue weighted by Crippen LogP contribution is -2.50. The van der Waals surface area contributed by atoms with Crippen LogP contribution in [0.25, 0.3) is 10.2 Å². The second-order valence-electron chi connectivity index (χ2n) is 9.26. The van der Waals surface area contributed by atoms with Gasteiger partial charge in [-0.15, -0.1) is 11.3 Å². The second kappa shape index (κ2) is 10.4. The predicted octanol–water partition coefficient (Wildman–Crippen LogP) is 3.46. The highest BCUT2D eigenvalue weighted by atomic mass is 32.1. The van der Waals surface area contributed by atoms with Crippen molar-refractivity contribution in [1.29, 1.82) is 0 Å². The van der Waals surface area contributed by atoms with Gasteiger partial charge in [-0.3, -0.25) is 9.80 Å². The molecule has 0 aliphatic carbocycles. The Hall–Kier alpha value is -2.52. The van der Waals surface area contributed by atoms with E-state index in [4.69, 9.17) is 9.57 Å². The summed E-state index contributed by atoms with van der Waals surface area (Å²) in [7, 11) is 0. The van der Waals surface area contributed by atoms with Gasteiger partial charge < -0.3 is 14.7 Å². The Kier molecular flexibility index (Phi) is 7.10. The summed E-state index contributed by atoms with van der Waals surface area (Å²) < 4.78 is 6.99. The Balaban J connectivity index is 1.01. The van der Waals surface area contributed by atoms with E-state index in [1.165, 1.54) is 5.56 Å². The second-order valence-corrected chi connectivity index (χ2v) is 10.5. The van der Waals surface area contributed by atoms with Gasteiger partial charge in [0.1, 0.15) is 24.6 Å². The first kappa shape index (κ1) is 23.2. The molecule has 7 nitrogen and oxygen atoms in total. The number of aryl methyl sites for hydroxylation is 2. The Labute approximate surface area is 204 Å². The van der Waals surface area contributed by atoms with Crippen molar-refractivity contribution in [2.24, 2.45) is 5.16 Å². The number of ether oxygens (including phenoxy) is 1. The van der Waals surface area contributed by atoms with Gasteiger partial charge in [0.05, 0.1) is 20.9 Å². The van der Waals surface area contributed by atoms with Crippen LogP contribution in [0.15, 0.2) is 47.6 Å². The first-order valence-corrected chi connectivity index (χ1v) is 12.8. The summed E-state index contributed by atoms with van der Waals surface area (Å²) in [5.41, 5.74) is 4.39. The Bertz CT molecular complexity index is 1140. The highest BCUT2D eigenvalue weighted by Gasteiger charge is 2.27. The third kappa shape index (κ3) is 5.75. The molecule has 8 heteroatoms. The van der Waals surface area contributed by atoms with Crippen LogP contribution in [0, 0.1) is 13.8 Å². The van der Waals surface area contributed by atoms with E-state index < -0.39 is 6.10 Å². The van der Waals surface area contributed by atoms with Gasteiger partial charge in [-0.1, -0.05) is 35.0 Å². The Morgan fingerprint density at radius 1 is 1.09 bits per heavy atom. The lowest BCUT2D eigenvalue weighted by atomic mass is 10.0. The number of thiazole rings is 1. The van der Waals surface area contributed by atoms with Crippen LogP contribution in [-0.2, 0) is 4.84 Å². The molecule has 1 fully saturated rings. The van der Waals surface area contributed by atoms with E-state index in [1.54, 1.807) is 11.3 Å². The number of piperazine rings is 1. The highest BCUT2D eigenvalue weighted by molar-refractivity contribution is 7.18. The number of aliphatic hydroxyl groups excluding tert-OH is 1. The summed E-state index contributed by atoms with van der Waals surface area (Å²) in [6.07, 6.45) is 0.440. The Morgan fingerprint density at radius 2 is 1.85 bits per heavy atom. The fourth-order valence-corrected chi connectivity index (χ4v) is 5.35. The molecule has 1 N–H and O–H groups in total. The van der Waals surface area contributed by atoms with E-state index in [-0.39, 0.29) is 12.7 Å². The average molecular weight is 481 g/mol. The van der Waals surface area contributed by atoms with Crippen molar-refractivity contribution in [3.63, 3.8) is 0 Å². The number of aliphatic hydroxyl groups is 1. The molecule has 180 valence electrons. The minimum Gasteiger partial charge on any atom is -0.491 e. The van der Waals surface area contributed by atoms with Crippen LogP contribution in [0.2, 0.25) is 0 Å². The van der Waals surface area contributed by atoms with Crippen molar-refractivity contribution in [2.45, 2.75) is 32.5 Å². The van der Waals surface area contributed by atoms with Gasteiger partial charge in [0, 0.05) is 51.8 Å². The number of oxime groups is 1. The van der Waals surface area contributed by atoms with Crippen LogP contribution in [0.4, 0.5) is 0 Å². The fraction of sp³-hybridized carbons (Fsp3) is 0.462. The summed E-state index contributed by atoms with van der Waals surface area (Å²) >= 11 is 1.68. The van der Waals surface area contributed by atoms with Gasteiger partial charge in [0.15, 0.2) is 0 Å². The minimum atomic E-state index is -0.525. The van der Waals surface area contributed by atoms with Gasteiger partial charge in [-0.25, -0.2) is 4.98 Å². The molecule has 3 aromatic rings. The maximum atomic E-state index is 10.5. The van der Waals surface area contributed by atoms with E-state index in [1.807, 2.05) is 25.1 Å². The van der Waals surface area contributed by atoms with Crippen molar-refractivity contribution >= 4 is 27.3 Å². The van der Waals surface area contributed by atoms with Crippen molar-refractivity contribution < 1.29 is 14.7 Å². The van der Waals surface area contributed by atoms with E-state index in [9.17, 15) is 5.11 Å². The quantitative estimate of drug-likeness (QED) is 0.533. The van der Waals surface area contributed by atoms with Gasteiger partial charge in [-0.05, 0) is 31.5 Å². The van der Waals surface area contributed by atoms with Crippen LogP contribution in [-0.4, -0.2) is 83.7 Å². The summed E-state index contributed by atoms with van der Waals surface area (Å²) in [4.78, 5) is 15.0. The van der Waals surface area contributed by atoms with Crippen LogP contribution >= 0.6 is 11.3 Å². The van der Waals surface area contributed by atoms with E-state index in [2.05, 4.69) is 51.1 Å². The number of fused-ring (bicyclic) bond motifs is 1. The molecule has 1 saturated heterocycles. The third-order valence-electron chi connectivity index (χ3n) is 6.42. The number of hydrogen-bond acceptors (Lipinski definition) is 8. The number of rotatable bonds is 8. The monoisotopic (exact) mass is 480 g/mol. The number of β-amino-alcohol motifs (C(OH)–C–C–N with tert-alkyl or cyclic N) is 1. The average Bonchev–Trinajstić information content (AvgIpc) is 3.44. The molecule has 2 atom stereocenters. The number of aromatic nitrogens is 1. The smallest absolute Gasteiger partial charge is 0.145 e. The predicted molar refractivity (Wildman–Crippen MR) is 136 cm³/mol. The zero-order chi connectivity index (χ0) is 23.5. The molecule has 2 aromatic carbocycles. The first-order valence-electron chi connectivity index (χ1n) is 11.9. The third-order valence-corrected chi connectivity index (χ3v) is 7.37. The van der Waals surface area contributed by atoms with Crippen LogP contribution < -0.4 is 4.74 Å². The Morgan fingerprint density at radius 3 is 2.65 bits per heavy atom. The molecule has 2 aliphatic rings. The normalized spacial score (nSPS) is 20.3. The molecule has 2 aliphatic heterocycles. The number of hydrogen-bond donors (Lipinski definition) is 1. The maximum absolute atomic E-state index is 10.5. The van der Waals surface area contributed by atoms with Crippen molar-refractivity contribution in [1.82, 2.24) is 14.8 Å². The molecule has 3 heterocycles. The minimum absolute atomic E-state index is 0.112. The van der Waals surface area contributed by atoms with Gasteiger partial charge in [-0.2, -0.15) is 0 Å². The van der Waals surface area contributed by atoms with Gasteiger partial charge in [0.25, 0.3) is 0 Å². The summed E-state index contributed by atoms with van der Waals surface area (Å²) in [6.45, 7) is 9.67. The maximum Gasteiger partial charge on any atom is 0.145 e. The molecule has 34 heavy (non-hydrogen) atoms. The van der Waals surface area contributed by atoms with E-state index >= 15 is 0 Å². The van der Waals surface area contributed by atoms with Crippen molar-refractivity contribution in [2.75, 3.05) is 45.9 Å². The highest BCUT2D eigenvalue weighted by Crippen LogP contribution is 2.25. The molecule has 0 amide bonds. The summed E-state index contributed by atoms with van der Waals surface area (Å²) in [5, 5.41) is 15.9. The molecular formula is C26H32N4O3S. The van der Waals surface area contributed by atoms with E-state index in [0.29, 0.717) is 6.54 Å². The van der Waals surface area contributed by atoms with Crippen LogP contribution in [0.3, 0.4) is 0 Å². The lowest BCUT2D eigenvalue weighted by molar-refractivity contribution is 0.0187. The van der Waals surface area contributed by atoms with Gasteiger partial charge in [0.2, 0.25) is 0 Å². The van der Waals surface area contributed by atoms with Crippen LogP contribution in [0.1, 0.15) is 22.6 Å².